The molecule has 0 radical (unpaired) electrons. The summed E-state index contributed by atoms with van der Waals surface area (Å²) in [7, 11) is 0. The van der Waals surface area contributed by atoms with Gasteiger partial charge in [0.25, 0.3) is 0 Å². The van der Waals surface area contributed by atoms with Crippen molar-refractivity contribution in [2.24, 2.45) is 0 Å². The Labute approximate surface area is 123 Å². The van der Waals surface area contributed by atoms with E-state index < -0.39 is 0 Å². The monoisotopic (exact) mass is 344 g/mol. The highest BCUT2D eigenvalue weighted by atomic mass is 79.9. The Bertz CT molecular complexity index is 590. The Hall–Kier alpha value is -1.10. The average Bonchev–Trinajstić information content (AvgIpc) is 2.40. The van der Waals surface area contributed by atoms with Gasteiger partial charge < -0.3 is 9.84 Å². The number of aliphatic hydroxyl groups is 1. The number of hydrogen-bond donors (Lipinski definition) is 1. The van der Waals surface area contributed by atoms with Crippen LogP contribution in [0.25, 0.3) is 0 Å². The molecule has 2 aromatic rings. The van der Waals surface area contributed by atoms with Crippen LogP contribution in [-0.2, 0) is 13.2 Å². The van der Waals surface area contributed by atoms with E-state index in [1.165, 1.54) is 18.2 Å². The quantitative estimate of drug-likeness (QED) is 0.894. The van der Waals surface area contributed by atoms with Gasteiger partial charge in [-0.1, -0.05) is 17.7 Å². The van der Waals surface area contributed by atoms with Gasteiger partial charge in [0, 0.05) is 10.6 Å². The highest BCUT2D eigenvalue weighted by molar-refractivity contribution is 9.10. The van der Waals surface area contributed by atoms with Crippen molar-refractivity contribution in [1.82, 2.24) is 0 Å². The van der Waals surface area contributed by atoms with E-state index in [4.69, 9.17) is 21.4 Å². The summed E-state index contributed by atoms with van der Waals surface area (Å²) >= 11 is 9.15. The lowest BCUT2D eigenvalue weighted by molar-refractivity contribution is 0.280. The van der Waals surface area contributed by atoms with Crippen molar-refractivity contribution in [3.63, 3.8) is 0 Å². The molecule has 100 valence electrons. The van der Waals surface area contributed by atoms with Crippen LogP contribution < -0.4 is 4.74 Å². The molecule has 0 amide bonds. The maximum Gasteiger partial charge on any atom is 0.134 e. The molecule has 2 nitrogen and oxygen atoms in total. The molecule has 0 aromatic heterocycles. The van der Waals surface area contributed by atoms with Crippen molar-refractivity contribution in [3.8, 4) is 5.75 Å². The van der Waals surface area contributed by atoms with Crippen LogP contribution in [0.5, 0.6) is 5.75 Å². The first-order valence-corrected chi connectivity index (χ1v) is 6.73. The van der Waals surface area contributed by atoms with Crippen molar-refractivity contribution in [2.45, 2.75) is 13.2 Å². The second-order valence-electron chi connectivity index (χ2n) is 3.95. The zero-order chi connectivity index (χ0) is 13.8. The van der Waals surface area contributed by atoms with Gasteiger partial charge in [-0.3, -0.25) is 0 Å². The lowest BCUT2D eigenvalue weighted by atomic mass is 10.2. The lowest BCUT2D eigenvalue weighted by Gasteiger charge is -2.10. The van der Waals surface area contributed by atoms with Gasteiger partial charge in [0.2, 0.25) is 0 Å². The minimum atomic E-state index is -0.354. The minimum Gasteiger partial charge on any atom is -0.488 e. The van der Waals surface area contributed by atoms with E-state index in [1.54, 1.807) is 18.2 Å². The Balaban J connectivity index is 2.12. The largest absolute Gasteiger partial charge is 0.488 e. The first kappa shape index (κ1) is 14.3. The highest BCUT2D eigenvalue weighted by Crippen LogP contribution is 2.27. The Morgan fingerprint density at radius 3 is 2.68 bits per heavy atom. The van der Waals surface area contributed by atoms with Gasteiger partial charge in [-0.2, -0.15) is 0 Å². The Morgan fingerprint density at radius 2 is 2.00 bits per heavy atom. The molecule has 0 unspecified atom stereocenters. The van der Waals surface area contributed by atoms with Gasteiger partial charge in [0.05, 0.1) is 11.1 Å². The van der Waals surface area contributed by atoms with E-state index in [1.807, 2.05) is 0 Å². The lowest BCUT2D eigenvalue weighted by Crippen LogP contribution is -1.99. The van der Waals surface area contributed by atoms with Gasteiger partial charge in [-0.15, -0.1) is 0 Å². The molecule has 0 spiro atoms. The summed E-state index contributed by atoms with van der Waals surface area (Å²) in [6.07, 6.45) is 0. The molecule has 2 rings (SSSR count). The van der Waals surface area contributed by atoms with E-state index in [-0.39, 0.29) is 19.0 Å². The SMILES string of the molecule is OCc1ccc(OCc2cc(Cl)ccc2F)c(Br)c1. The summed E-state index contributed by atoms with van der Waals surface area (Å²) in [5, 5.41) is 9.47. The fourth-order valence-electron chi connectivity index (χ4n) is 1.57. The summed E-state index contributed by atoms with van der Waals surface area (Å²) in [5.74, 6) is 0.226. The van der Waals surface area contributed by atoms with Crippen LogP contribution in [0, 0.1) is 5.82 Å². The summed E-state index contributed by atoms with van der Waals surface area (Å²) < 4.78 is 19.7. The second kappa shape index (κ2) is 6.37. The first-order valence-electron chi connectivity index (χ1n) is 5.56. The maximum absolute atomic E-state index is 13.5. The molecule has 0 aliphatic carbocycles. The summed E-state index contributed by atoms with van der Waals surface area (Å²) in [4.78, 5) is 0. The molecule has 1 N–H and O–H groups in total. The van der Waals surface area contributed by atoms with Crippen LogP contribution in [0.2, 0.25) is 5.02 Å². The van der Waals surface area contributed by atoms with Crippen LogP contribution in [-0.4, -0.2) is 5.11 Å². The number of rotatable bonds is 4. The first-order chi connectivity index (χ1) is 9.10. The Morgan fingerprint density at radius 1 is 1.21 bits per heavy atom. The predicted molar refractivity (Wildman–Crippen MR) is 75.8 cm³/mol. The highest BCUT2D eigenvalue weighted by Gasteiger charge is 2.06. The third kappa shape index (κ3) is 3.69. The van der Waals surface area contributed by atoms with Crippen LogP contribution in [0.15, 0.2) is 40.9 Å². The third-order valence-corrected chi connectivity index (χ3v) is 3.42. The molecule has 0 aliphatic heterocycles. The van der Waals surface area contributed by atoms with Crippen LogP contribution in [0.1, 0.15) is 11.1 Å². The molecule has 0 atom stereocenters. The van der Waals surface area contributed by atoms with Gasteiger partial charge >= 0.3 is 0 Å². The average molecular weight is 346 g/mol. The van der Waals surface area contributed by atoms with Crippen LogP contribution in [0.3, 0.4) is 0 Å². The second-order valence-corrected chi connectivity index (χ2v) is 5.24. The molecular formula is C14H11BrClFO2. The molecule has 0 saturated carbocycles. The zero-order valence-electron chi connectivity index (χ0n) is 9.87. The standard InChI is InChI=1S/C14H11BrClFO2/c15-12-5-9(7-18)1-4-14(12)19-8-10-6-11(16)2-3-13(10)17/h1-6,18H,7-8H2. The number of aliphatic hydroxyl groups excluding tert-OH is 1. The number of hydrogen-bond acceptors (Lipinski definition) is 2. The molecule has 19 heavy (non-hydrogen) atoms. The van der Waals surface area contributed by atoms with Gasteiger partial charge in [-0.05, 0) is 51.8 Å². The third-order valence-electron chi connectivity index (χ3n) is 2.57. The molecule has 0 fully saturated rings. The number of halogens is 3. The molecule has 0 bridgehead atoms. The van der Waals surface area contributed by atoms with E-state index in [0.29, 0.717) is 20.8 Å². The van der Waals surface area contributed by atoms with Crippen molar-refractivity contribution in [3.05, 3.63) is 62.8 Å². The van der Waals surface area contributed by atoms with Crippen molar-refractivity contribution in [2.75, 3.05) is 0 Å². The normalized spacial score (nSPS) is 10.5. The van der Waals surface area contributed by atoms with Crippen molar-refractivity contribution in [1.29, 1.82) is 0 Å². The van der Waals surface area contributed by atoms with Crippen LogP contribution in [0.4, 0.5) is 4.39 Å². The summed E-state index contributed by atoms with van der Waals surface area (Å²) in [6.45, 7) is 0.0469. The zero-order valence-corrected chi connectivity index (χ0v) is 12.2. The fraction of sp³-hybridized carbons (Fsp3) is 0.143. The van der Waals surface area contributed by atoms with Crippen molar-refractivity contribution >= 4 is 27.5 Å². The maximum atomic E-state index is 13.5. The molecule has 0 saturated heterocycles. The number of ether oxygens (including phenoxy) is 1. The van der Waals surface area contributed by atoms with Gasteiger partial charge in [-0.25, -0.2) is 4.39 Å². The predicted octanol–water partition coefficient (Wildman–Crippen LogP) is 4.31. The molecule has 5 heteroatoms. The topological polar surface area (TPSA) is 29.5 Å². The van der Waals surface area contributed by atoms with Crippen molar-refractivity contribution < 1.29 is 14.2 Å². The van der Waals surface area contributed by atoms with E-state index in [9.17, 15) is 4.39 Å². The molecule has 2 aromatic carbocycles. The fourth-order valence-corrected chi connectivity index (χ4v) is 2.30. The summed E-state index contributed by atoms with van der Waals surface area (Å²) in [5.41, 5.74) is 1.17. The van der Waals surface area contributed by atoms with E-state index >= 15 is 0 Å². The smallest absolute Gasteiger partial charge is 0.134 e. The number of benzene rings is 2. The minimum absolute atomic E-state index is 0.0399. The van der Waals surface area contributed by atoms with Crippen LogP contribution >= 0.6 is 27.5 Å². The van der Waals surface area contributed by atoms with Gasteiger partial charge in [0.1, 0.15) is 18.2 Å². The van der Waals surface area contributed by atoms with E-state index in [2.05, 4.69) is 15.9 Å². The molecular weight excluding hydrogens is 335 g/mol. The Kier molecular flexibility index (Phi) is 4.80. The van der Waals surface area contributed by atoms with Gasteiger partial charge in [0.15, 0.2) is 0 Å². The summed E-state index contributed by atoms with van der Waals surface area (Å²) in [6, 6.07) is 9.56. The molecule has 0 aliphatic rings. The molecule has 0 heterocycles. The van der Waals surface area contributed by atoms with E-state index in [0.717, 1.165) is 5.56 Å².